The highest BCUT2D eigenvalue weighted by Crippen LogP contribution is 2.09. The summed E-state index contributed by atoms with van der Waals surface area (Å²) in [5, 5.41) is 26.3. The Morgan fingerprint density at radius 1 is 0.698 bits per heavy atom. The molecular weight excluding hydrogens is 558 g/mol. The first-order valence-electron chi connectivity index (χ1n) is 13.7. The standard InChI is InChI=1S/C29H39N7O7/c30-20(13-14-24(37)38)25(39)35-22(16-18-8-3-1-4-9-18)27(41)36-23(17-19-10-5-2-6-11-19)26(40)34-21(28(42)43)12-7-15-33-29(31)32/h1-6,8-11,20-23H,7,12-17,30H2,(H,34,40)(H,35,39)(H,36,41)(H,37,38)(H,42,43)(H4,31,32,33). The molecule has 0 heterocycles. The highest BCUT2D eigenvalue weighted by Gasteiger charge is 2.30. The van der Waals surface area contributed by atoms with Crippen molar-refractivity contribution in [3.63, 3.8) is 0 Å². The SMILES string of the molecule is NC(N)=NCCCC(NC(=O)C(Cc1ccccc1)NC(=O)C(Cc1ccccc1)NC(=O)C(N)CCC(=O)O)C(=O)O. The Bertz CT molecular complexity index is 1250. The van der Waals surface area contributed by atoms with Crippen molar-refractivity contribution in [2.45, 2.75) is 62.7 Å². The molecule has 3 amide bonds. The zero-order valence-corrected chi connectivity index (χ0v) is 23.6. The van der Waals surface area contributed by atoms with E-state index in [0.717, 1.165) is 0 Å². The Hall–Kier alpha value is -4.98. The number of carbonyl (C=O) groups excluding carboxylic acids is 3. The van der Waals surface area contributed by atoms with E-state index in [9.17, 15) is 29.1 Å². The van der Waals surface area contributed by atoms with Gasteiger partial charge in [-0.3, -0.25) is 24.2 Å². The molecule has 0 aliphatic heterocycles. The van der Waals surface area contributed by atoms with Crippen LogP contribution in [0.1, 0.15) is 36.8 Å². The Balaban J connectivity index is 2.26. The number of carboxylic acid groups (broad SMARTS) is 2. The van der Waals surface area contributed by atoms with Crippen LogP contribution in [0.15, 0.2) is 65.7 Å². The van der Waals surface area contributed by atoms with Crippen LogP contribution in [0, 0.1) is 0 Å². The number of aliphatic imine (C=N–C) groups is 1. The number of hydrogen-bond acceptors (Lipinski definition) is 7. The lowest BCUT2D eigenvalue weighted by molar-refractivity contribution is -0.142. The molecule has 4 atom stereocenters. The Labute approximate surface area is 249 Å². The van der Waals surface area contributed by atoms with E-state index in [4.69, 9.17) is 22.3 Å². The van der Waals surface area contributed by atoms with E-state index in [2.05, 4.69) is 20.9 Å². The van der Waals surface area contributed by atoms with Gasteiger partial charge >= 0.3 is 11.9 Å². The fourth-order valence-corrected chi connectivity index (χ4v) is 4.11. The predicted octanol–water partition coefficient (Wildman–Crippen LogP) is -0.743. The van der Waals surface area contributed by atoms with E-state index in [-0.39, 0.29) is 51.0 Å². The summed E-state index contributed by atoms with van der Waals surface area (Å²) in [5.74, 6) is -4.71. The smallest absolute Gasteiger partial charge is 0.326 e. The van der Waals surface area contributed by atoms with Crippen LogP contribution >= 0.6 is 0 Å². The van der Waals surface area contributed by atoms with Gasteiger partial charge in [0.25, 0.3) is 0 Å². The zero-order chi connectivity index (χ0) is 31.8. The third-order valence-corrected chi connectivity index (χ3v) is 6.40. The summed E-state index contributed by atoms with van der Waals surface area (Å²) < 4.78 is 0. The lowest BCUT2D eigenvalue weighted by atomic mass is 10.0. The van der Waals surface area contributed by atoms with Crippen LogP contribution < -0.4 is 33.2 Å². The number of hydrogen-bond donors (Lipinski definition) is 8. The minimum atomic E-state index is -1.27. The van der Waals surface area contributed by atoms with Crippen LogP contribution in [0.3, 0.4) is 0 Å². The lowest BCUT2D eigenvalue weighted by Crippen LogP contribution is -2.58. The quantitative estimate of drug-likeness (QED) is 0.0606. The number of rotatable bonds is 18. The summed E-state index contributed by atoms with van der Waals surface area (Å²) >= 11 is 0. The van der Waals surface area contributed by atoms with Crippen LogP contribution in [0.2, 0.25) is 0 Å². The van der Waals surface area contributed by atoms with Gasteiger partial charge in [-0.05, 0) is 30.4 Å². The van der Waals surface area contributed by atoms with Gasteiger partial charge in [-0.1, -0.05) is 60.7 Å². The van der Waals surface area contributed by atoms with E-state index in [1.54, 1.807) is 60.7 Å². The highest BCUT2D eigenvalue weighted by molar-refractivity contribution is 5.94. The van der Waals surface area contributed by atoms with Gasteiger partial charge in [-0.15, -0.1) is 0 Å². The highest BCUT2D eigenvalue weighted by atomic mass is 16.4. The average molecular weight is 598 g/mol. The second-order valence-corrected chi connectivity index (χ2v) is 9.89. The van der Waals surface area contributed by atoms with Gasteiger partial charge in [-0.2, -0.15) is 0 Å². The molecule has 11 N–H and O–H groups in total. The number of benzene rings is 2. The molecule has 14 nitrogen and oxygen atoms in total. The number of carboxylic acids is 2. The van der Waals surface area contributed by atoms with Crippen molar-refractivity contribution >= 4 is 35.6 Å². The van der Waals surface area contributed by atoms with Crippen LogP contribution in [-0.4, -0.2) is 76.5 Å². The third kappa shape index (κ3) is 13.0. The lowest BCUT2D eigenvalue weighted by Gasteiger charge is -2.25. The molecule has 0 spiro atoms. The van der Waals surface area contributed by atoms with Crippen LogP contribution in [-0.2, 0) is 36.8 Å². The molecule has 14 heteroatoms. The first-order chi connectivity index (χ1) is 20.5. The topological polar surface area (TPSA) is 252 Å². The van der Waals surface area contributed by atoms with Gasteiger partial charge in [0.05, 0.1) is 6.04 Å². The molecule has 0 saturated heterocycles. The maximum absolute atomic E-state index is 13.6. The largest absolute Gasteiger partial charge is 0.481 e. The molecular formula is C29H39N7O7. The van der Waals surface area contributed by atoms with Gasteiger partial charge in [0.15, 0.2) is 5.96 Å². The first kappa shape index (κ1) is 34.2. The summed E-state index contributed by atoms with van der Waals surface area (Å²) in [6.07, 6.45) is -0.0854. The minimum Gasteiger partial charge on any atom is -0.481 e. The maximum atomic E-state index is 13.6. The van der Waals surface area contributed by atoms with Gasteiger partial charge in [-0.25, -0.2) is 4.79 Å². The number of nitrogens with one attached hydrogen (secondary N) is 3. The second-order valence-electron chi connectivity index (χ2n) is 9.89. The summed E-state index contributed by atoms with van der Waals surface area (Å²) in [7, 11) is 0. The molecule has 0 aliphatic rings. The van der Waals surface area contributed by atoms with E-state index < -0.39 is 53.8 Å². The number of amides is 3. The Morgan fingerprint density at radius 3 is 1.60 bits per heavy atom. The fraction of sp³-hybridized carbons (Fsp3) is 0.379. The molecule has 4 unspecified atom stereocenters. The monoisotopic (exact) mass is 597 g/mol. The number of carbonyl (C=O) groups is 5. The van der Waals surface area contributed by atoms with Gasteiger partial charge < -0.3 is 43.4 Å². The van der Waals surface area contributed by atoms with Crippen molar-refractivity contribution in [1.29, 1.82) is 0 Å². The number of nitrogens with two attached hydrogens (primary N) is 3. The molecule has 2 aromatic carbocycles. The van der Waals surface area contributed by atoms with Gasteiger partial charge in [0.2, 0.25) is 17.7 Å². The van der Waals surface area contributed by atoms with Crippen LogP contribution in [0.5, 0.6) is 0 Å². The van der Waals surface area contributed by atoms with Crippen LogP contribution in [0.25, 0.3) is 0 Å². The van der Waals surface area contributed by atoms with Crippen molar-refractivity contribution < 1.29 is 34.2 Å². The fourth-order valence-electron chi connectivity index (χ4n) is 4.11. The average Bonchev–Trinajstić information content (AvgIpc) is 2.97. The zero-order valence-electron chi connectivity index (χ0n) is 23.6. The molecule has 43 heavy (non-hydrogen) atoms. The first-order valence-corrected chi connectivity index (χ1v) is 13.7. The van der Waals surface area contributed by atoms with Crippen molar-refractivity contribution in [2.24, 2.45) is 22.2 Å². The summed E-state index contributed by atoms with van der Waals surface area (Å²) in [5.41, 5.74) is 17.9. The number of nitrogens with zero attached hydrogens (tertiary/aromatic N) is 1. The second kappa shape index (κ2) is 17.7. The third-order valence-electron chi connectivity index (χ3n) is 6.40. The van der Waals surface area contributed by atoms with Gasteiger partial charge in [0.1, 0.15) is 18.1 Å². The van der Waals surface area contributed by atoms with E-state index >= 15 is 0 Å². The molecule has 232 valence electrons. The molecule has 2 aromatic rings. The van der Waals surface area contributed by atoms with Crippen LogP contribution in [0.4, 0.5) is 0 Å². The van der Waals surface area contributed by atoms with E-state index in [1.807, 2.05) is 0 Å². The molecule has 0 bridgehead atoms. The summed E-state index contributed by atoms with van der Waals surface area (Å²) in [6, 6.07) is 12.8. The molecule has 0 aliphatic carbocycles. The van der Waals surface area contributed by atoms with E-state index in [1.165, 1.54) is 0 Å². The molecule has 0 radical (unpaired) electrons. The molecule has 0 aromatic heterocycles. The summed E-state index contributed by atoms with van der Waals surface area (Å²) in [6.45, 7) is 0.168. The van der Waals surface area contributed by atoms with Crippen molar-refractivity contribution in [3.05, 3.63) is 71.8 Å². The van der Waals surface area contributed by atoms with E-state index in [0.29, 0.717) is 11.1 Å². The molecule has 0 fully saturated rings. The minimum absolute atomic E-state index is 0.0306. The van der Waals surface area contributed by atoms with Crippen molar-refractivity contribution in [2.75, 3.05) is 6.54 Å². The predicted molar refractivity (Wildman–Crippen MR) is 158 cm³/mol. The van der Waals surface area contributed by atoms with Crippen molar-refractivity contribution in [1.82, 2.24) is 16.0 Å². The molecule has 2 rings (SSSR count). The number of aliphatic carboxylic acids is 2. The maximum Gasteiger partial charge on any atom is 0.326 e. The van der Waals surface area contributed by atoms with Gasteiger partial charge in [0, 0.05) is 25.8 Å². The normalized spacial score (nSPS) is 13.4. The Morgan fingerprint density at radius 2 is 1.16 bits per heavy atom. The number of guanidine groups is 1. The Kier molecular flexibility index (Phi) is 14.1. The molecule has 0 saturated carbocycles. The summed E-state index contributed by atoms with van der Waals surface area (Å²) in [4.78, 5) is 66.3. The van der Waals surface area contributed by atoms with Crippen molar-refractivity contribution in [3.8, 4) is 0 Å².